The predicted molar refractivity (Wildman–Crippen MR) is 62.6 cm³/mol. The largest absolute Gasteiger partial charge is 0.441 e. The van der Waals surface area contributed by atoms with Crippen LogP contribution >= 0.6 is 11.8 Å². The Morgan fingerprint density at radius 2 is 2.06 bits per heavy atom. The number of rotatable bonds is 6. The van der Waals surface area contributed by atoms with E-state index in [1.54, 1.807) is 0 Å². The molecule has 0 amide bonds. The van der Waals surface area contributed by atoms with E-state index < -0.39 is 5.51 Å². The highest BCUT2D eigenvalue weighted by molar-refractivity contribution is 8.00. The summed E-state index contributed by atoms with van der Waals surface area (Å²) in [5.74, 6) is 0.653. The molecule has 1 N–H and O–H groups in total. The van der Waals surface area contributed by atoms with Crippen molar-refractivity contribution in [3.05, 3.63) is 0 Å². The number of alkyl halides is 3. The first-order valence-electron chi connectivity index (χ1n) is 5.97. The maximum atomic E-state index is 12.0. The van der Waals surface area contributed by atoms with E-state index in [0.29, 0.717) is 18.4 Å². The fourth-order valence-electron chi connectivity index (χ4n) is 2.31. The van der Waals surface area contributed by atoms with E-state index in [0.717, 1.165) is 32.2 Å². The quantitative estimate of drug-likeness (QED) is 0.775. The van der Waals surface area contributed by atoms with E-state index in [9.17, 15) is 13.2 Å². The zero-order valence-corrected chi connectivity index (χ0v) is 10.5. The lowest BCUT2D eigenvalue weighted by atomic mass is 10.0. The van der Waals surface area contributed by atoms with E-state index in [-0.39, 0.29) is 17.5 Å². The highest BCUT2D eigenvalue weighted by Crippen LogP contribution is 2.34. The molecule has 1 aliphatic rings. The minimum atomic E-state index is -4.06. The van der Waals surface area contributed by atoms with Crippen LogP contribution in [0.1, 0.15) is 39.0 Å². The maximum Gasteiger partial charge on any atom is 0.441 e. The first kappa shape index (κ1) is 14.2. The molecule has 16 heavy (non-hydrogen) atoms. The number of hydrogen-bond acceptors (Lipinski definition) is 2. The highest BCUT2D eigenvalue weighted by Gasteiger charge is 2.30. The summed E-state index contributed by atoms with van der Waals surface area (Å²) < 4.78 is 35.9. The summed E-state index contributed by atoms with van der Waals surface area (Å²) in [6.45, 7) is 3.09. The van der Waals surface area contributed by atoms with Gasteiger partial charge in [0.2, 0.25) is 0 Å². The van der Waals surface area contributed by atoms with Gasteiger partial charge in [-0.2, -0.15) is 13.2 Å². The van der Waals surface area contributed by atoms with E-state index in [1.165, 1.54) is 0 Å². The summed E-state index contributed by atoms with van der Waals surface area (Å²) in [6, 6.07) is 0.453. The predicted octanol–water partition coefficient (Wildman–Crippen LogP) is 3.80. The molecular weight excluding hydrogens is 235 g/mol. The molecular formula is C11H20F3NS. The van der Waals surface area contributed by atoms with E-state index >= 15 is 0 Å². The summed E-state index contributed by atoms with van der Waals surface area (Å²) in [7, 11) is 0. The van der Waals surface area contributed by atoms with Crippen LogP contribution in [-0.2, 0) is 0 Å². The van der Waals surface area contributed by atoms with Gasteiger partial charge in [0.25, 0.3) is 0 Å². The van der Waals surface area contributed by atoms with Crippen molar-refractivity contribution in [2.75, 3.05) is 12.3 Å². The Hall–Kier alpha value is 0.100. The van der Waals surface area contributed by atoms with Gasteiger partial charge in [-0.3, -0.25) is 0 Å². The van der Waals surface area contributed by atoms with Gasteiger partial charge in [0.1, 0.15) is 0 Å². The maximum absolute atomic E-state index is 12.0. The molecule has 1 fully saturated rings. The first-order valence-corrected chi connectivity index (χ1v) is 6.95. The molecule has 96 valence electrons. The zero-order chi connectivity index (χ0) is 12.0. The molecule has 1 aliphatic carbocycles. The molecule has 0 saturated heterocycles. The van der Waals surface area contributed by atoms with Gasteiger partial charge < -0.3 is 5.32 Å². The second-order valence-corrected chi connectivity index (χ2v) is 5.49. The van der Waals surface area contributed by atoms with Crippen molar-refractivity contribution in [2.45, 2.75) is 50.6 Å². The smallest absolute Gasteiger partial charge is 0.314 e. The summed E-state index contributed by atoms with van der Waals surface area (Å²) in [4.78, 5) is 0. The van der Waals surface area contributed by atoms with Gasteiger partial charge in [0, 0.05) is 11.8 Å². The summed E-state index contributed by atoms with van der Waals surface area (Å²) in [6.07, 6.45) is 5.13. The number of thioether (sulfide) groups is 1. The Balaban J connectivity index is 2.19. The van der Waals surface area contributed by atoms with Crippen molar-refractivity contribution in [1.82, 2.24) is 5.32 Å². The van der Waals surface area contributed by atoms with Crippen molar-refractivity contribution in [3.63, 3.8) is 0 Å². The fraction of sp³-hybridized carbons (Fsp3) is 1.00. The minimum absolute atomic E-state index is 0.119. The molecule has 2 atom stereocenters. The van der Waals surface area contributed by atoms with Gasteiger partial charge in [-0.15, -0.1) is 0 Å². The van der Waals surface area contributed by atoms with E-state index in [2.05, 4.69) is 12.2 Å². The molecule has 0 aromatic rings. The van der Waals surface area contributed by atoms with Crippen molar-refractivity contribution in [2.24, 2.45) is 5.92 Å². The first-order chi connectivity index (χ1) is 7.53. The van der Waals surface area contributed by atoms with Gasteiger partial charge in [-0.25, -0.2) is 0 Å². The van der Waals surface area contributed by atoms with Crippen LogP contribution in [-0.4, -0.2) is 23.8 Å². The molecule has 0 radical (unpaired) electrons. The summed E-state index contributed by atoms with van der Waals surface area (Å²) in [5.41, 5.74) is -4.06. The van der Waals surface area contributed by atoms with Crippen molar-refractivity contribution < 1.29 is 13.2 Å². The Labute approximate surface area is 99.6 Å². The number of halogens is 3. The minimum Gasteiger partial charge on any atom is -0.314 e. The normalized spacial score (nSPS) is 26.2. The van der Waals surface area contributed by atoms with E-state index in [1.807, 2.05) is 0 Å². The van der Waals surface area contributed by atoms with Crippen LogP contribution in [0.5, 0.6) is 0 Å². The third-order valence-electron chi connectivity index (χ3n) is 3.07. The highest BCUT2D eigenvalue weighted by atomic mass is 32.2. The average molecular weight is 255 g/mol. The van der Waals surface area contributed by atoms with E-state index in [4.69, 9.17) is 0 Å². The Morgan fingerprint density at radius 3 is 2.69 bits per heavy atom. The molecule has 0 bridgehead atoms. The fourth-order valence-corrected chi connectivity index (χ4v) is 2.96. The molecule has 1 nitrogen and oxygen atoms in total. The van der Waals surface area contributed by atoms with Crippen LogP contribution in [0.4, 0.5) is 13.2 Å². The topological polar surface area (TPSA) is 12.0 Å². The molecule has 1 rings (SSSR count). The van der Waals surface area contributed by atoms with Gasteiger partial charge in [0.15, 0.2) is 0 Å². The summed E-state index contributed by atoms with van der Waals surface area (Å²) >= 11 is 0.119. The summed E-state index contributed by atoms with van der Waals surface area (Å²) in [5, 5.41) is 3.44. The van der Waals surface area contributed by atoms with Crippen molar-refractivity contribution in [1.29, 1.82) is 0 Å². The van der Waals surface area contributed by atoms with Gasteiger partial charge in [-0.1, -0.05) is 25.1 Å². The van der Waals surface area contributed by atoms with Crippen LogP contribution in [0.15, 0.2) is 0 Å². The van der Waals surface area contributed by atoms with Crippen LogP contribution < -0.4 is 5.32 Å². The second kappa shape index (κ2) is 6.74. The third kappa shape index (κ3) is 5.43. The lowest BCUT2D eigenvalue weighted by molar-refractivity contribution is -0.0328. The molecule has 0 heterocycles. The molecule has 1 saturated carbocycles. The molecule has 0 aliphatic heterocycles. The van der Waals surface area contributed by atoms with Crippen molar-refractivity contribution >= 4 is 11.8 Å². The lowest BCUT2D eigenvalue weighted by Crippen LogP contribution is -2.33. The third-order valence-corrected chi connectivity index (χ3v) is 3.84. The Morgan fingerprint density at radius 1 is 1.31 bits per heavy atom. The SMILES string of the molecule is CCCNC1CCCC1CCSC(F)(F)F. The zero-order valence-electron chi connectivity index (χ0n) is 9.65. The number of nitrogens with one attached hydrogen (secondary N) is 1. The Bertz CT molecular complexity index is 196. The molecule has 0 aromatic carbocycles. The molecule has 2 unspecified atom stereocenters. The molecule has 0 aromatic heterocycles. The van der Waals surface area contributed by atoms with Gasteiger partial charge in [0.05, 0.1) is 0 Å². The van der Waals surface area contributed by atoms with Crippen LogP contribution in [0, 0.1) is 5.92 Å². The standard InChI is InChI=1S/C11H20F3NS/c1-2-7-15-10-5-3-4-9(10)6-8-16-11(12,13)14/h9-10,15H,2-8H2,1H3. The van der Waals surface area contributed by atoms with Gasteiger partial charge in [-0.05, 0) is 38.1 Å². The van der Waals surface area contributed by atoms with Crippen LogP contribution in [0.25, 0.3) is 0 Å². The Kier molecular flexibility index (Phi) is 5.97. The second-order valence-electron chi connectivity index (χ2n) is 4.33. The lowest BCUT2D eigenvalue weighted by Gasteiger charge is -2.20. The number of hydrogen-bond donors (Lipinski definition) is 1. The molecule has 5 heteroatoms. The monoisotopic (exact) mass is 255 g/mol. The molecule has 0 spiro atoms. The van der Waals surface area contributed by atoms with Gasteiger partial charge >= 0.3 is 5.51 Å². The van der Waals surface area contributed by atoms with Crippen LogP contribution in [0.2, 0.25) is 0 Å². The van der Waals surface area contributed by atoms with Crippen molar-refractivity contribution in [3.8, 4) is 0 Å². The van der Waals surface area contributed by atoms with Crippen LogP contribution in [0.3, 0.4) is 0 Å². The average Bonchev–Trinajstić information content (AvgIpc) is 2.60.